The lowest BCUT2D eigenvalue weighted by molar-refractivity contribution is -0.115. The second kappa shape index (κ2) is 9.27. The molecule has 138 valence electrons. The van der Waals surface area contributed by atoms with Crippen LogP contribution in [0.4, 0.5) is 11.4 Å². The van der Waals surface area contributed by atoms with Crippen molar-refractivity contribution >= 4 is 40.4 Å². The summed E-state index contributed by atoms with van der Waals surface area (Å²) < 4.78 is 2.09. The van der Waals surface area contributed by atoms with E-state index in [2.05, 4.69) is 21.9 Å². The van der Waals surface area contributed by atoms with Crippen LogP contribution in [0.2, 0.25) is 0 Å². The van der Waals surface area contributed by atoms with Gasteiger partial charge in [0, 0.05) is 31.2 Å². The third-order valence-corrected chi connectivity index (χ3v) is 4.78. The van der Waals surface area contributed by atoms with Crippen LogP contribution in [0.1, 0.15) is 6.92 Å². The van der Waals surface area contributed by atoms with Crippen LogP contribution in [0.5, 0.6) is 0 Å². The number of amides is 1. The number of carbonyl (C=O) groups excluding carboxylic acids is 1. The molecule has 7 nitrogen and oxygen atoms in total. The van der Waals surface area contributed by atoms with Gasteiger partial charge in [0.25, 0.3) is 11.5 Å². The molecule has 0 saturated heterocycles. The van der Waals surface area contributed by atoms with Crippen LogP contribution in [-0.4, -0.2) is 24.1 Å². The Kier molecular flexibility index (Phi) is 6.81. The van der Waals surface area contributed by atoms with E-state index in [1.165, 1.54) is 4.57 Å². The number of nitrogens with zero attached hydrogens (tertiary/aromatic N) is 2. The average Bonchev–Trinajstić information content (AvgIpc) is 3.00. The van der Waals surface area contributed by atoms with E-state index in [4.69, 9.17) is 6.42 Å². The Labute approximate surface area is 160 Å². The summed E-state index contributed by atoms with van der Waals surface area (Å²) in [6.45, 7) is 2.12. The molecule has 0 spiro atoms. The largest absolute Gasteiger partial charge is 0.388 e. The standard InChI is InChI=1S/C19H19N5O2S/c1-4-9-22-17(25)15(11-20)19-24(5-2)18(26)16(27-19)12-23-14-8-6-7-13(10-14)21-3/h1,6-8,10,12,21,23H,5,9H2,2-3H3,(H,22,25). The predicted molar refractivity (Wildman–Crippen MR) is 108 cm³/mol. The molecule has 1 heterocycles. The Balaban J connectivity index is 2.53. The fraction of sp³-hybridized carbons (Fsp3) is 0.211. The molecule has 3 N–H and O–H groups in total. The SMILES string of the molecule is C#CCNC(=O)C(C#N)=c1sc(=CNc2cccc(NC)c2)c(=O)n1CC. The van der Waals surface area contributed by atoms with Crippen LogP contribution in [0.15, 0.2) is 29.1 Å². The lowest BCUT2D eigenvalue weighted by atomic mass is 10.3. The first-order chi connectivity index (χ1) is 13.0. The van der Waals surface area contributed by atoms with Crippen molar-refractivity contribution in [3.05, 3.63) is 43.8 Å². The highest BCUT2D eigenvalue weighted by atomic mass is 32.1. The molecular formula is C19H19N5O2S. The lowest BCUT2D eigenvalue weighted by Crippen LogP contribution is -2.34. The number of terminal acetylenes is 1. The monoisotopic (exact) mass is 381 g/mol. The summed E-state index contributed by atoms with van der Waals surface area (Å²) in [5.74, 6) is 1.68. The normalized spacial score (nSPS) is 11.9. The van der Waals surface area contributed by atoms with E-state index >= 15 is 0 Å². The highest BCUT2D eigenvalue weighted by molar-refractivity contribution is 7.07. The number of thiazole rings is 1. The highest BCUT2D eigenvalue weighted by Gasteiger charge is 2.14. The van der Waals surface area contributed by atoms with E-state index < -0.39 is 5.91 Å². The minimum atomic E-state index is -0.597. The fourth-order valence-corrected chi connectivity index (χ4v) is 3.41. The third kappa shape index (κ3) is 4.57. The van der Waals surface area contributed by atoms with Gasteiger partial charge in [0.05, 0.1) is 6.54 Å². The van der Waals surface area contributed by atoms with Crippen molar-refractivity contribution in [2.75, 3.05) is 24.2 Å². The molecule has 1 aromatic heterocycles. The quantitative estimate of drug-likeness (QED) is 0.623. The summed E-state index contributed by atoms with van der Waals surface area (Å²) in [5.41, 5.74) is 1.32. The maximum Gasteiger partial charge on any atom is 0.270 e. The van der Waals surface area contributed by atoms with E-state index in [1.807, 2.05) is 37.4 Å². The summed E-state index contributed by atoms with van der Waals surface area (Å²) >= 11 is 1.08. The van der Waals surface area contributed by atoms with Gasteiger partial charge in [0.15, 0.2) is 5.57 Å². The molecular weight excluding hydrogens is 362 g/mol. The van der Waals surface area contributed by atoms with Gasteiger partial charge in [-0.15, -0.1) is 17.8 Å². The number of anilines is 2. The lowest BCUT2D eigenvalue weighted by Gasteiger charge is -2.03. The van der Waals surface area contributed by atoms with Gasteiger partial charge in [0.1, 0.15) is 15.3 Å². The van der Waals surface area contributed by atoms with E-state index in [-0.39, 0.29) is 17.7 Å². The first-order valence-electron chi connectivity index (χ1n) is 8.16. The first-order valence-corrected chi connectivity index (χ1v) is 8.97. The van der Waals surface area contributed by atoms with Crippen LogP contribution >= 0.6 is 11.3 Å². The fourth-order valence-electron chi connectivity index (χ4n) is 2.32. The summed E-state index contributed by atoms with van der Waals surface area (Å²) in [6, 6.07) is 9.43. The smallest absolute Gasteiger partial charge is 0.270 e. The Bertz CT molecular complexity index is 1100. The van der Waals surface area contributed by atoms with Crippen LogP contribution in [0, 0.1) is 23.7 Å². The van der Waals surface area contributed by atoms with Gasteiger partial charge in [-0.25, -0.2) is 0 Å². The third-order valence-electron chi connectivity index (χ3n) is 3.65. The second-order valence-electron chi connectivity index (χ2n) is 5.31. The van der Waals surface area contributed by atoms with Gasteiger partial charge in [-0.05, 0) is 25.1 Å². The maximum atomic E-state index is 12.6. The number of hydrogen-bond acceptors (Lipinski definition) is 6. The van der Waals surface area contributed by atoms with Crippen molar-refractivity contribution in [3.63, 3.8) is 0 Å². The van der Waals surface area contributed by atoms with Gasteiger partial charge in [0.2, 0.25) is 0 Å². The molecule has 0 fully saturated rings. The molecule has 2 aromatic rings. The molecule has 0 bridgehead atoms. The first kappa shape index (κ1) is 19.8. The summed E-state index contributed by atoms with van der Waals surface area (Å²) in [6.07, 6.45) is 6.70. The van der Waals surface area contributed by atoms with Crippen molar-refractivity contribution < 1.29 is 4.79 Å². The number of carbonyl (C=O) groups is 1. The molecule has 2 rings (SSSR count). The Hall–Kier alpha value is -3.49. The molecule has 0 unspecified atom stereocenters. The van der Waals surface area contributed by atoms with Gasteiger partial charge >= 0.3 is 0 Å². The van der Waals surface area contributed by atoms with Crippen molar-refractivity contribution in [3.8, 4) is 18.4 Å². The zero-order valence-corrected chi connectivity index (χ0v) is 15.8. The predicted octanol–water partition coefficient (Wildman–Crippen LogP) is 0.245. The molecule has 0 saturated carbocycles. The van der Waals surface area contributed by atoms with E-state index in [1.54, 1.807) is 13.1 Å². The summed E-state index contributed by atoms with van der Waals surface area (Å²) in [4.78, 5) is 24.8. The van der Waals surface area contributed by atoms with E-state index in [9.17, 15) is 14.9 Å². The van der Waals surface area contributed by atoms with Gasteiger partial charge in [-0.1, -0.05) is 12.0 Å². The Morgan fingerprint density at radius 2 is 2.15 bits per heavy atom. The number of nitriles is 1. The number of aromatic nitrogens is 1. The van der Waals surface area contributed by atoms with Crippen LogP contribution in [0.25, 0.3) is 11.8 Å². The minimum absolute atomic E-state index is 0.00802. The number of benzene rings is 1. The van der Waals surface area contributed by atoms with Crippen LogP contribution < -0.4 is 30.7 Å². The molecule has 0 radical (unpaired) electrons. The molecule has 27 heavy (non-hydrogen) atoms. The second-order valence-corrected chi connectivity index (χ2v) is 6.34. The summed E-state index contributed by atoms with van der Waals surface area (Å²) in [7, 11) is 1.82. The number of hydrogen-bond donors (Lipinski definition) is 3. The topological polar surface area (TPSA) is 99.0 Å². The maximum absolute atomic E-state index is 12.6. The molecule has 1 aromatic carbocycles. The van der Waals surface area contributed by atoms with Crippen molar-refractivity contribution in [1.29, 1.82) is 5.26 Å². The van der Waals surface area contributed by atoms with Crippen LogP contribution in [-0.2, 0) is 11.3 Å². The Morgan fingerprint density at radius 1 is 1.41 bits per heavy atom. The minimum Gasteiger partial charge on any atom is -0.388 e. The Morgan fingerprint density at radius 3 is 2.78 bits per heavy atom. The molecule has 8 heteroatoms. The summed E-state index contributed by atoms with van der Waals surface area (Å²) in [5, 5.41) is 18.0. The molecule has 1 amide bonds. The van der Waals surface area contributed by atoms with Crippen molar-refractivity contribution in [2.24, 2.45) is 0 Å². The van der Waals surface area contributed by atoms with Crippen molar-refractivity contribution in [1.82, 2.24) is 9.88 Å². The molecule has 0 aliphatic rings. The van der Waals surface area contributed by atoms with E-state index in [0.29, 0.717) is 15.7 Å². The van der Waals surface area contributed by atoms with Gasteiger partial charge in [-0.2, -0.15) is 5.26 Å². The van der Waals surface area contributed by atoms with Crippen molar-refractivity contribution in [2.45, 2.75) is 13.5 Å². The number of rotatable bonds is 6. The zero-order valence-electron chi connectivity index (χ0n) is 15.0. The van der Waals surface area contributed by atoms with E-state index in [0.717, 1.165) is 22.7 Å². The molecule has 0 atom stereocenters. The van der Waals surface area contributed by atoms with Gasteiger partial charge in [-0.3, -0.25) is 14.2 Å². The van der Waals surface area contributed by atoms with Gasteiger partial charge < -0.3 is 16.0 Å². The molecule has 0 aliphatic heterocycles. The highest BCUT2D eigenvalue weighted by Crippen LogP contribution is 2.13. The molecule has 0 aliphatic carbocycles. The average molecular weight is 381 g/mol. The van der Waals surface area contributed by atoms with Crippen LogP contribution in [0.3, 0.4) is 0 Å². The number of nitrogens with one attached hydrogen (secondary N) is 3. The zero-order chi connectivity index (χ0) is 19.8.